The second kappa shape index (κ2) is 8.47. The van der Waals surface area contributed by atoms with Gasteiger partial charge in [-0.15, -0.1) is 0 Å². The number of nitrogens with one attached hydrogen (secondary N) is 2. The van der Waals surface area contributed by atoms with Crippen molar-refractivity contribution < 1.29 is 9.53 Å². The number of thiocarbonyl (C=S) groups is 1. The number of amides is 1. The van der Waals surface area contributed by atoms with E-state index in [-0.39, 0.29) is 16.8 Å². The largest absolute Gasteiger partial charge is 0.490 e. The van der Waals surface area contributed by atoms with Gasteiger partial charge in [-0.1, -0.05) is 12.1 Å². The molecular formula is C19H20N4O3S. The fourth-order valence-electron chi connectivity index (χ4n) is 2.48. The van der Waals surface area contributed by atoms with E-state index in [1.54, 1.807) is 44.2 Å². The van der Waals surface area contributed by atoms with Gasteiger partial charge in [0.15, 0.2) is 5.11 Å². The number of carbonyl (C=O) groups excluding carboxylic acids is 1. The van der Waals surface area contributed by atoms with Gasteiger partial charge in [0.2, 0.25) is 0 Å². The van der Waals surface area contributed by atoms with E-state index in [1.807, 2.05) is 19.9 Å². The minimum absolute atomic E-state index is 0.0119. The molecule has 0 aliphatic rings. The molecule has 140 valence electrons. The fourth-order valence-corrected chi connectivity index (χ4v) is 2.66. The number of aromatic nitrogens is 1. The highest BCUT2D eigenvalue weighted by atomic mass is 32.1. The number of ether oxygens (including phenoxy) is 1. The molecule has 1 aromatic heterocycles. The lowest BCUT2D eigenvalue weighted by atomic mass is 10.1. The molecule has 0 unspecified atom stereocenters. The molecular weight excluding hydrogens is 364 g/mol. The third-order valence-corrected chi connectivity index (χ3v) is 3.83. The quantitative estimate of drug-likeness (QED) is 0.786. The molecule has 1 amide bonds. The maximum atomic E-state index is 12.5. The first-order valence-electron chi connectivity index (χ1n) is 8.26. The molecule has 0 atom stereocenters. The third kappa shape index (κ3) is 4.71. The standard InChI is InChI=1S/C19H20N4O3S/c1-11(2)26-16-8-6-5-7-14(16)17(24)21-19(27)22-23-13(4)9-12(3)15(10-20)18(23)25/h5-9,11H,1-4H3,(H2,21,22,24,27). The number of hydrogen-bond acceptors (Lipinski definition) is 5. The molecule has 8 heteroatoms. The first-order valence-corrected chi connectivity index (χ1v) is 8.66. The Hall–Kier alpha value is -3.18. The number of carbonyl (C=O) groups is 1. The summed E-state index contributed by atoms with van der Waals surface area (Å²) in [4.78, 5) is 24.9. The van der Waals surface area contributed by atoms with Crippen molar-refractivity contribution in [2.45, 2.75) is 33.8 Å². The van der Waals surface area contributed by atoms with E-state index < -0.39 is 11.5 Å². The van der Waals surface area contributed by atoms with Gasteiger partial charge in [0.1, 0.15) is 17.4 Å². The lowest BCUT2D eigenvalue weighted by molar-refractivity contribution is 0.0971. The lowest BCUT2D eigenvalue weighted by Crippen LogP contribution is -2.43. The molecule has 1 aromatic carbocycles. The van der Waals surface area contributed by atoms with Crippen LogP contribution in [0.2, 0.25) is 0 Å². The van der Waals surface area contributed by atoms with Crippen LogP contribution in [0.4, 0.5) is 0 Å². The van der Waals surface area contributed by atoms with Crippen LogP contribution < -0.4 is 21.0 Å². The Balaban J connectivity index is 2.22. The molecule has 0 radical (unpaired) electrons. The van der Waals surface area contributed by atoms with E-state index in [9.17, 15) is 9.59 Å². The highest BCUT2D eigenvalue weighted by Gasteiger charge is 2.16. The number of rotatable bonds is 4. The molecule has 1 heterocycles. The average Bonchev–Trinajstić information content (AvgIpc) is 2.58. The smallest absolute Gasteiger partial charge is 0.287 e. The van der Waals surface area contributed by atoms with Crippen molar-refractivity contribution in [1.82, 2.24) is 9.99 Å². The summed E-state index contributed by atoms with van der Waals surface area (Å²) in [6, 6.07) is 10.4. The Kier molecular flexibility index (Phi) is 6.32. The van der Waals surface area contributed by atoms with Crippen molar-refractivity contribution in [2.75, 3.05) is 5.43 Å². The average molecular weight is 384 g/mol. The van der Waals surface area contributed by atoms with Gasteiger partial charge in [-0.25, -0.2) is 4.68 Å². The topological polar surface area (TPSA) is 96.2 Å². The second-order valence-electron chi connectivity index (χ2n) is 6.15. The minimum atomic E-state index is -0.532. The normalized spacial score (nSPS) is 10.2. The summed E-state index contributed by atoms with van der Waals surface area (Å²) in [5.41, 5.74) is 3.58. The van der Waals surface area contributed by atoms with Crippen LogP contribution in [-0.2, 0) is 0 Å². The third-order valence-electron chi connectivity index (χ3n) is 3.64. The van der Waals surface area contributed by atoms with Crippen molar-refractivity contribution in [3.8, 4) is 11.8 Å². The molecule has 0 spiro atoms. The summed E-state index contributed by atoms with van der Waals surface area (Å²) in [6.45, 7) is 7.10. The molecule has 0 saturated carbocycles. The molecule has 0 saturated heterocycles. The van der Waals surface area contributed by atoms with Crippen LogP contribution in [0.1, 0.15) is 41.0 Å². The Labute approximate surface area is 162 Å². The first kappa shape index (κ1) is 20.1. The van der Waals surface area contributed by atoms with Crippen molar-refractivity contribution in [3.63, 3.8) is 0 Å². The summed E-state index contributed by atoms with van der Waals surface area (Å²) in [7, 11) is 0. The highest BCUT2D eigenvalue weighted by Crippen LogP contribution is 2.19. The van der Waals surface area contributed by atoms with Gasteiger partial charge in [-0.2, -0.15) is 5.26 Å². The van der Waals surface area contributed by atoms with Gasteiger partial charge in [0.05, 0.1) is 11.7 Å². The van der Waals surface area contributed by atoms with Crippen molar-refractivity contribution in [1.29, 1.82) is 5.26 Å². The number of nitrogens with zero attached hydrogens (tertiary/aromatic N) is 2. The van der Waals surface area contributed by atoms with Gasteiger partial charge in [0.25, 0.3) is 11.5 Å². The number of hydrogen-bond donors (Lipinski definition) is 2. The summed E-state index contributed by atoms with van der Waals surface area (Å²) >= 11 is 5.15. The van der Waals surface area contributed by atoms with E-state index in [4.69, 9.17) is 22.2 Å². The van der Waals surface area contributed by atoms with Gasteiger partial charge >= 0.3 is 0 Å². The van der Waals surface area contributed by atoms with Crippen molar-refractivity contribution >= 4 is 23.2 Å². The van der Waals surface area contributed by atoms with E-state index in [0.717, 1.165) is 4.68 Å². The fraction of sp³-hybridized carbons (Fsp3) is 0.263. The number of benzene rings is 1. The summed E-state index contributed by atoms with van der Waals surface area (Å²) in [6.07, 6.45) is -0.0952. The molecule has 2 aromatic rings. The van der Waals surface area contributed by atoms with Crippen LogP contribution in [0.25, 0.3) is 0 Å². The van der Waals surface area contributed by atoms with Gasteiger partial charge < -0.3 is 4.74 Å². The monoisotopic (exact) mass is 384 g/mol. The van der Waals surface area contributed by atoms with E-state index in [2.05, 4.69) is 10.7 Å². The first-order chi connectivity index (χ1) is 12.7. The van der Waals surface area contributed by atoms with Crippen LogP contribution in [0.3, 0.4) is 0 Å². The SMILES string of the molecule is Cc1cc(C)n(NC(=S)NC(=O)c2ccccc2OC(C)C)c(=O)c1C#N. The lowest BCUT2D eigenvalue weighted by Gasteiger charge is -2.17. The molecule has 7 nitrogen and oxygen atoms in total. The van der Waals surface area contributed by atoms with Crippen LogP contribution in [0, 0.1) is 25.2 Å². The maximum absolute atomic E-state index is 12.5. The Bertz CT molecular complexity index is 989. The molecule has 0 fully saturated rings. The Morgan fingerprint density at radius 3 is 2.59 bits per heavy atom. The minimum Gasteiger partial charge on any atom is -0.490 e. The number of para-hydroxylation sites is 1. The zero-order valence-electron chi connectivity index (χ0n) is 15.5. The van der Waals surface area contributed by atoms with Gasteiger partial charge in [0, 0.05) is 5.69 Å². The number of pyridine rings is 1. The van der Waals surface area contributed by atoms with Crippen LogP contribution in [0.15, 0.2) is 35.1 Å². The Morgan fingerprint density at radius 1 is 1.30 bits per heavy atom. The van der Waals surface area contributed by atoms with Gasteiger partial charge in [-0.3, -0.25) is 20.3 Å². The Morgan fingerprint density at radius 2 is 1.96 bits per heavy atom. The number of aryl methyl sites for hydroxylation is 2. The molecule has 2 rings (SSSR count). The highest BCUT2D eigenvalue weighted by molar-refractivity contribution is 7.80. The van der Waals surface area contributed by atoms with Crippen LogP contribution in [-0.4, -0.2) is 21.8 Å². The van der Waals surface area contributed by atoms with Crippen molar-refractivity contribution in [3.05, 3.63) is 63.1 Å². The predicted octanol–water partition coefficient (Wildman–Crippen LogP) is 2.38. The van der Waals surface area contributed by atoms with Crippen LogP contribution in [0.5, 0.6) is 5.75 Å². The molecule has 0 aliphatic heterocycles. The van der Waals surface area contributed by atoms with E-state index in [0.29, 0.717) is 22.6 Å². The van der Waals surface area contributed by atoms with E-state index >= 15 is 0 Å². The molecule has 0 bridgehead atoms. The molecule has 0 aliphatic carbocycles. The zero-order chi connectivity index (χ0) is 20.1. The van der Waals surface area contributed by atoms with Gasteiger partial charge in [-0.05, 0) is 63.7 Å². The van der Waals surface area contributed by atoms with Crippen LogP contribution >= 0.6 is 12.2 Å². The molecule has 2 N–H and O–H groups in total. The van der Waals surface area contributed by atoms with Crippen molar-refractivity contribution in [2.24, 2.45) is 0 Å². The van der Waals surface area contributed by atoms with E-state index in [1.165, 1.54) is 0 Å². The molecule has 27 heavy (non-hydrogen) atoms. The second-order valence-corrected chi connectivity index (χ2v) is 6.56. The maximum Gasteiger partial charge on any atom is 0.287 e. The zero-order valence-corrected chi connectivity index (χ0v) is 16.3. The predicted molar refractivity (Wildman–Crippen MR) is 107 cm³/mol. The number of nitriles is 1. The summed E-state index contributed by atoms with van der Waals surface area (Å²) in [5.74, 6) is -0.0367. The summed E-state index contributed by atoms with van der Waals surface area (Å²) in [5, 5.41) is 11.6. The summed E-state index contributed by atoms with van der Waals surface area (Å²) < 4.78 is 6.76.